The molecular weight excluding hydrogens is 238 g/mol. The standard InChI is InChI=1S/C15H19N3O/c1-15(2,3)17-10-13(19)18-12-8-4-6-11-7-5-9-16-14(11)12/h4-9,17H,10H2,1-3H3,(H,18,19). The number of hydrogen-bond acceptors (Lipinski definition) is 3. The second-order valence-electron chi connectivity index (χ2n) is 5.53. The first-order chi connectivity index (χ1) is 8.96. The zero-order valence-electron chi connectivity index (χ0n) is 11.5. The monoisotopic (exact) mass is 257 g/mol. The highest BCUT2D eigenvalue weighted by Gasteiger charge is 2.12. The summed E-state index contributed by atoms with van der Waals surface area (Å²) in [6, 6.07) is 9.62. The van der Waals surface area contributed by atoms with Gasteiger partial charge in [-0.2, -0.15) is 0 Å². The van der Waals surface area contributed by atoms with E-state index in [0.717, 1.165) is 16.6 Å². The van der Waals surface area contributed by atoms with Crippen LogP contribution in [-0.4, -0.2) is 23.0 Å². The number of nitrogens with one attached hydrogen (secondary N) is 2. The van der Waals surface area contributed by atoms with E-state index in [1.807, 2.05) is 51.1 Å². The lowest BCUT2D eigenvalue weighted by Gasteiger charge is -2.20. The van der Waals surface area contributed by atoms with Crippen LogP contribution in [0.5, 0.6) is 0 Å². The fraction of sp³-hybridized carbons (Fsp3) is 0.333. The third-order valence-corrected chi connectivity index (χ3v) is 2.69. The van der Waals surface area contributed by atoms with Gasteiger partial charge in [0.25, 0.3) is 0 Å². The Kier molecular flexibility index (Phi) is 3.81. The number of rotatable bonds is 3. The van der Waals surface area contributed by atoms with E-state index in [9.17, 15) is 4.79 Å². The van der Waals surface area contributed by atoms with Gasteiger partial charge >= 0.3 is 0 Å². The number of carbonyl (C=O) groups is 1. The molecular formula is C15H19N3O. The summed E-state index contributed by atoms with van der Waals surface area (Å²) in [6.07, 6.45) is 1.73. The quantitative estimate of drug-likeness (QED) is 0.888. The van der Waals surface area contributed by atoms with Crippen LogP contribution in [0.1, 0.15) is 20.8 Å². The van der Waals surface area contributed by atoms with Crippen molar-refractivity contribution >= 4 is 22.5 Å². The fourth-order valence-corrected chi connectivity index (χ4v) is 1.74. The van der Waals surface area contributed by atoms with Crippen molar-refractivity contribution in [3.63, 3.8) is 0 Å². The number of anilines is 1. The molecule has 0 aliphatic rings. The molecule has 4 nitrogen and oxygen atoms in total. The Labute approximate surface area is 113 Å². The minimum Gasteiger partial charge on any atom is -0.323 e. The van der Waals surface area contributed by atoms with Crippen molar-refractivity contribution in [3.05, 3.63) is 36.5 Å². The predicted octanol–water partition coefficient (Wildman–Crippen LogP) is 2.56. The molecule has 0 radical (unpaired) electrons. The number of fused-ring (bicyclic) bond motifs is 1. The summed E-state index contributed by atoms with van der Waals surface area (Å²) in [6.45, 7) is 6.37. The lowest BCUT2D eigenvalue weighted by atomic mass is 10.1. The van der Waals surface area contributed by atoms with E-state index in [-0.39, 0.29) is 18.0 Å². The minimum atomic E-state index is -0.0751. The van der Waals surface area contributed by atoms with Gasteiger partial charge in [-0.25, -0.2) is 0 Å². The third kappa shape index (κ3) is 3.76. The molecule has 0 saturated carbocycles. The zero-order valence-corrected chi connectivity index (χ0v) is 11.5. The highest BCUT2D eigenvalue weighted by atomic mass is 16.1. The van der Waals surface area contributed by atoms with Crippen LogP contribution in [0.15, 0.2) is 36.5 Å². The molecule has 0 bridgehead atoms. The van der Waals surface area contributed by atoms with Crippen LogP contribution in [0, 0.1) is 0 Å². The number of pyridine rings is 1. The van der Waals surface area contributed by atoms with Gasteiger partial charge in [0.05, 0.1) is 17.7 Å². The summed E-state index contributed by atoms with van der Waals surface area (Å²) in [5, 5.41) is 7.07. The van der Waals surface area contributed by atoms with E-state index in [1.165, 1.54) is 0 Å². The van der Waals surface area contributed by atoms with Crippen LogP contribution in [0.25, 0.3) is 10.9 Å². The smallest absolute Gasteiger partial charge is 0.238 e. The van der Waals surface area contributed by atoms with Gasteiger partial charge in [0.15, 0.2) is 0 Å². The molecule has 1 amide bonds. The Morgan fingerprint density at radius 3 is 2.68 bits per heavy atom. The maximum Gasteiger partial charge on any atom is 0.238 e. The lowest BCUT2D eigenvalue weighted by Crippen LogP contribution is -2.41. The molecule has 1 aromatic heterocycles. The molecule has 0 aliphatic carbocycles. The Morgan fingerprint density at radius 2 is 1.95 bits per heavy atom. The lowest BCUT2D eigenvalue weighted by molar-refractivity contribution is -0.115. The number of carbonyl (C=O) groups excluding carboxylic acids is 1. The summed E-state index contributed by atoms with van der Waals surface area (Å²) >= 11 is 0. The third-order valence-electron chi connectivity index (χ3n) is 2.69. The maximum atomic E-state index is 11.9. The molecule has 0 fully saturated rings. The van der Waals surface area contributed by atoms with Crippen molar-refractivity contribution in [1.82, 2.24) is 10.3 Å². The van der Waals surface area contributed by atoms with Crippen LogP contribution in [0.2, 0.25) is 0 Å². The van der Waals surface area contributed by atoms with Gasteiger partial charge in [-0.05, 0) is 32.9 Å². The molecule has 2 aromatic rings. The van der Waals surface area contributed by atoms with Gasteiger partial charge in [-0.15, -0.1) is 0 Å². The Hall–Kier alpha value is -1.94. The number of hydrogen-bond donors (Lipinski definition) is 2. The molecule has 2 N–H and O–H groups in total. The number of para-hydroxylation sites is 1. The van der Waals surface area contributed by atoms with Crippen LogP contribution in [0.3, 0.4) is 0 Å². The van der Waals surface area contributed by atoms with E-state index in [1.54, 1.807) is 6.20 Å². The van der Waals surface area contributed by atoms with E-state index >= 15 is 0 Å². The first kappa shape index (κ1) is 13.5. The van der Waals surface area contributed by atoms with Crippen molar-refractivity contribution in [3.8, 4) is 0 Å². The SMILES string of the molecule is CC(C)(C)NCC(=O)Nc1cccc2cccnc12. The van der Waals surface area contributed by atoms with Crippen molar-refractivity contribution in [2.45, 2.75) is 26.3 Å². The average Bonchev–Trinajstić information content (AvgIpc) is 2.36. The van der Waals surface area contributed by atoms with Crippen molar-refractivity contribution < 1.29 is 4.79 Å². The molecule has 0 unspecified atom stereocenters. The van der Waals surface area contributed by atoms with E-state index in [0.29, 0.717) is 0 Å². The summed E-state index contributed by atoms with van der Waals surface area (Å²) < 4.78 is 0. The molecule has 0 atom stereocenters. The van der Waals surface area contributed by atoms with Gasteiger partial charge in [0, 0.05) is 17.1 Å². The van der Waals surface area contributed by atoms with Gasteiger partial charge in [-0.3, -0.25) is 9.78 Å². The van der Waals surface area contributed by atoms with Crippen LogP contribution in [0.4, 0.5) is 5.69 Å². The van der Waals surface area contributed by atoms with Crippen LogP contribution >= 0.6 is 0 Å². The van der Waals surface area contributed by atoms with Crippen LogP contribution in [-0.2, 0) is 4.79 Å². The second kappa shape index (κ2) is 5.36. The predicted molar refractivity (Wildman–Crippen MR) is 78.1 cm³/mol. The Bertz CT molecular complexity index is 582. The van der Waals surface area contributed by atoms with E-state index < -0.39 is 0 Å². The highest BCUT2D eigenvalue weighted by Crippen LogP contribution is 2.20. The summed E-state index contributed by atoms with van der Waals surface area (Å²) in [4.78, 5) is 16.2. The van der Waals surface area contributed by atoms with E-state index in [2.05, 4.69) is 15.6 Å². The normalized spacial score (nSPS) is 11.5. The molecule has 0 saturated heterocycles. The first-order valence-corrected chi connectivity index (χ1v) is 6.34. The number of nitrogens with zero attached hydrogens (tertiary/aromatic N) is 1. The molecule has 19 heavy (non-hydrogen) atoms. The summed E-state index contributed by atoms with van der Waals surface area (Å²) in [5.74, 6) is -0.0620. The average molecular weight is 257 g/mol. The highest BCUT2D eigenvalue weighted by molar-refractivity contribution is 6.00. The summed E-state index contributed by atoms with van der Waals surface area (Å²) in [7, 11) is 0. The summed E-state index contributed by atoms with van der Waals surface area (Å²) in [5.41, 5.74) is 1.49. The van der Waals surface area contributed by atoms with Crippen molar-refractivity contribution in [1.29, 1.82) is 0 Å². The molecule has 100 valence electrons. The molecule has 1 aromatic carbocycles. The van der Waals surface area contributed by atoms with Gasteiger partial charge < -0.3 is 10.6 Å². The molecule has 0 aliphatic heterocycles. The van der Waals surface area contributed by atoms with Gasteiger partial charge in [0.2, 0.25) is 5.91 Å². The zero-order chi connectivity index (χ0) is 13.9. The molecule has 0 spiro atoms. The van der Waals surface area contributed by atoms with Crippen LogP contribution < -0.4 is 10.6 Å². The second-order valence-corrected chi connectivity index (χ2v) is 5.53. The molecule has 4 heteroatoms. The largest absolute Gasteiger partial charge is 0.323 e. The maximum absolute atomic E-state index is 11.9. The minimum absolute atomic E-state index is 0.0620. The number of aromatic nitrogens is 1. The van der Waals surface area contributed by atoms with Gasteiger partial charge in [-0.1, -0.05) is 18.2 Å². The van der Waals surface area contributed by atoms with Crippen molar-refractivity contribution in [2.75, 3.05) is 11.9 Å². The first-order valence-electron chi connectivity index (χ1n) is 6.34. The Morgan fingerprint density at radius 1 is 1.21 bits per heavy atom. The fourth-order valence-electron chi connectivity index (χ4n) is 1.74. The van der Waals surface area contributed by atoms with Crippen molar-refractivity contribution in [2.24, 2.45) is 0 Å². The topological polar surface area (TPSA) is 54.0 Å². The number of benzene rings is 1. The Balaban J connectivity index is 2.11. The molecule has 1 heterocycles. The number of amides is 1. The van der Waals surface area contributed by atoms with E-state index in [4.69, 9.17) is 0 Å². The molecule has 2 rings (SSSR count). The van der Waals surface area contributed by atoms with Gasteiger partial charge in [0.1, 0.15) is 0 Å².